The second-order valence-electron chi connectivity index (χ2n) is 9.27. The molecule has 4 heteroatoms. The number of benzene rings is 5. The molecule has 4 nitrogen and oxygen atoms in total. The molecule has 0 saturated heterocycles. The molecule has 0 aliphatic heterocycles. The molecule has 6 aromatic rings. The zero-order valence-electron chi connectivity index (χ0n) is 21.7. The van der Waals surface area contributed by atoms with Crippen molar-refractivity contribution in [1.82, 2.24) is 9.97 Å². The fraction of sp³-hybridized carbons (Fsp3) is 0.0286. The lowest BCUT2D eigenvalue weighted by Crippen LogP contribution is -2.13. The van der Waals surface area contributed by atoms with Crippen LogP contribution in [0.25, 0.3) is 22.4 Å². The van der Waals surface area contributed by atoms with E-state index in [1.54, 1.807) is 0 Å². The average Bonchev–Trinajstić information content (AvgIpc) is 3.03. The van der Waals surface area contributed by atoms with Crippen molar-refractivity contribution in [3.8, 4) is 22.4 Å². The van der Waals surface area contributed by atoms with Crippen molar-refractivity contribution in [2.24, 2.45) is 0 Å². The van der Waals surface area contributed by atoms with Crippen LogP contribution >= 0.6 is 0 Å². The summed E-state index contributed by atoms with van der Waals surface area (Å²) in [6.45, 7) is 0. The fourth-order valence-electron chi connectivity index (χ4n) is 4.68. The Hall–Kier alpha value is -5.22. The fourth-order valence-corrected chi connectivity index (χ4v) is 4.68. The predicted octanol–water partition coefficient (Wildman–Crippen LogP) is 9.05. The van der Waals surface area contributed by atoms with E-state index in [1.165, 1.54) is 5.56 Å². The molecule has 0 amide bonds. The molecule has 0 aliphatic rings. The molecule has 1 aromatic heterocycles. The van der Waals surface area contributed by atoms with Crippen LogP contribution in [0.2, 0.25) is 0 Å². The van der Waals surface area contributed by atoms with E-state index in [0.29, 0.717) is 5.95 Å². The molecule has 0 aliphatic carbocycles. The van der Waals surface area contributed by atoms with E-state index in [0.717, 1.165) is 39.6 Å². The van der Waals surface area contributed by atoms with Gasteiger partial charge in [-0.05, 0) is 65.7 Å². The highest BCUT2D eigenvalue weighted by atomic mass is 15.2. The summed E-state index contributed by atoms with van der Waals surface area (Å²) in [6, 6.07) is 50.3. The lowest BCUT2D eigenvalue weighted by molar-refractivity contribution is 1.05. The number of anilines is 5. The van der Waals surface area contributed by atoms with Gasteiger partial charge in [0.1, 0.15) is 0 Å². The Labute approximate surface area is 229 Å². The molecular formula is C35H28N4. The van der Waals surface area contributed by atoms with Crippen LogP contribution in [0.15, 0.2) is 152 Å². The lowest BCUT2D eigenvalue weighted by atomic mass is 10.0. The topological polar surface area (TPSA) is 32.3 Å². The van der Waals surface area contributed by atoms with Gasteiger partial charge in [0.25, 0.3) is 0 Å². The third kappa shape index (κ3) is 5.27. The normalized spacial score (nSPS) is 10.7. The van der Waals surface area contributed by atoms with Crippen molar-refractivity contribution >= 4 is 28.7 Å². The van der Waals surface area contributed by atoms with Crippen LogP contribution in [0.5, 0.6) is 0 Å². The number of nitrogens with zero attached hydrogens (tertiary/aromatic N) is 4. The molecule has 0 unspecified atom stereocenters. The number of para-hydroxylation sites is 3. The van der Waals surface area contributed by atoms with E-state index in [4.69, 9.17) is 4.98 Å². The zero-order chi connectivity index (χ0) is 26.4. The van der Waals surface area contributed by atoms with E-state index < -0.39 is 0 Å². The standard InChI is InChI=1S/C35H28N4/c1-38(30-11-5-2-6-12-30)35-36-26-25-34(37-35)29-19-17-27(18-20-29)28-21-23-33(24-22-28)39(31-13-7-3-8-14-31)32-15-9-4-10-16-32/h2-26H,1H3. The Morgan fingerprint density at radius 3 is 1.41 bits per heavy atom. The maximum absolute atomic E-state index is 4.82. The van der Waals surface area contributed by atoms with E-state index in [2.05, 4.69) is 119 Å². The summed E-state index contributed by atoms with van der Waals surface area (Å²) in [6.07, 6.45) is 1.81. The molecule has 0 fully saturated rings. The Kier molecular flexibility index (Phi) is 6.83. The van der Waals surface area contributed by atoms with E-state index in [-0.39, 0.29) is 0 Å². The van der Waals surface area contributed by atoms with Gasteiger partial charge in [0.15, 0.2) is 0 Å². The number of aromatic nitrogens is 2. The second kappa shape index (κ2) is 11.0. The van der Waals surface area contributed by atoms with Gasteiger partial charge in [-0.1, -0.05) is 91.0 Å². The van der Waals surface area contributed by atoms with Crippen molar-refractivity contribution < 1.29 is 0 Å². The predicted molar refractivity (Wildman–Crippen MR) is 162 cm³/mol. The first-order chi connectivity index (χ1) is 19.3. The number of hydrogen-bond acceptors (Lipinski definition) is 4. The van der Waals surface area contributed by atoms with Crippen LogP contribution < -0.4 is 9.80 Å². The van der Waals surface area contributed by atoms with E-state index >= 15 is 0 Å². The number of rotatable bonds is 7. The monoisotopic (exact) mass is 504 g/mol. The third-order valence-corrected chi connectivity index (χ3v) is 6.75. The van der Waals surface area contributed by atoms with Crippen molar-refractivity contribution in [3.05, 3.63) is 152 Å². The molecule has 6 rings (SSSR count). The van der Waals surface area contributed by atoms with E-state index in [9.17, 15) is 0 Å². The van der Waals surface area contributed by atoms with Gasteiger partial charge < -0.3 is 9.80 Å². The molecule has 0 radical (unpaired) electrons. The van der Waals surface area contributed by atoms with Crippen LogP contribution in [0.1, 0.15) is 0 Å². The first-order valence-corrected chi connectivity index (χ1v) is 13.0. The molecule has 0 bridgehead atoms. The van der Waals surface area contributed by atoms with Crippen LogP contribution in [-0.2, 0) is 0 Å². The molecule has 1 heterocycles. The highest BCUT2D eigenvalue weighted by molar-refractivity contribution is 5.78. The highest BCUT2D eigenvalue weighted by Crippen LogP contribution is 2.35. The molecule has 0 N–H and O–H groups in total. The first kappa shape index (κ1) is 24.1. The molecule has 5 aromatic carbocycles. The average molecular weight is 505 g/mol. The quantitative estimate of drug-likeness (QED) is 0.217. The Balaban J connectivity index is 1.25. The Morgan fingerprint density at radius 1 is 0.436 bits per heavy atom. The van der Waals surface area contributed by atoms with Gasteiger partial charge in [0, 0.05) is 41.6 Å². The SMILES string of the molecule is CN(c1ccccc1)c1nccc(-c2ccc(-c3ccc(N(c4ccccc4)c4ccccc4)cc3)cc2)n1. The van der Waals surface area contributed by atoms with Gasteiger partial charge >= 0.3 is 0 Å². The van der Waals surface area contributed by atoms with E-state index in [1.807, 2.05) is 54.5 Å². The maximum Gasteiger partial charge on any atom is 0.230 e. The van der Waals surface area contributed by atoms with Crippen molar-refractivity contribution in [3.63, 3.8) is 0 Å². The van der Waals surface area contributed by atoms with Gasteiger partial charge in [-0.2, -0.15) is 0 Å². The Morgan fingerprint density at radius 2 is 0.872 bits per heavy atom. The summed E-state index contributed by atoms with van der Waals surface area (Å²) < 4.78 is 0. The van der Waals surface area contributed by atoms with Crippen molar-refractivity contribution in [2.75, 3.05) is 16.8 Å². The van der Waals surface area contributed by atoms with Crippen LogP contribution in [-0.4, -0.2) is 17.0 Å². The van der Waals surface area contributed by atoms with Gasteiger partial charge in [-0.3, -0.25) is 0 Å². The zero-order valence-corrected chi connectivity index (χ0v) is 21.7. The van der Waals surface area contributed by atoms with Gasteiger partial charge in [0.05, 0.1) is 5.69 Å². The smallest absolute Gasteiger partial charge is 0.230 e. The van der Waals surface area contributed by atoms with Crippen molar-refractivity contribution in [2.45, 2.75) is 0 Å². The summed E-state index contributed by atoms with van der Waals surface area (Å²) in [7, 11) is 1.98. The third-order valence-electron chi connectivity index (χ3n) is 6.75. The lowest BCUT2D eigenvalue weighted by Gasteiger charge is -2.25. The van der Waals surface area contributed by atoms with Crippen LogP contribution in [0.4, 0.5) is 28.7 Å². The molecule has 188 valence electrons. The summed E-state index contributed by atoms with van der Waals surface area (Å²) in [5.41, 5.74) is 8.69. The number of hydrogen-bond donors (Lipinski definition) is 0. The minimum atomic E-state index is 0.666. The molecule has 0 spiro atoms. The minimum Gasteiger partial charge on any atom is -0.314 e. The summed E-state index contributed by atoms with van der Waals surface area (Å²) in [5.74, 6) is 0.666. The second-order valence-corrected chi connectivity index (χ2v) is 9.27. The molecular weight excluding hydrogens is 476 g/mol. The first-order valence-electron chi connectivity index (χ1n) is 13.0. The summed E-state index contributed by atoms with van der Waals surface area (Å²) >= 11 is 0. The maximum atomic E-state index is 4.82. The minimum absolute atomic E-state index is 0.666. The molecule has 0 atom stereocenters. The van der Waals surface area contributed by atoms with Crippen molar-refractivity contribution in [1.29, 1.82) is 0 Å². The highest BCUT2D eigenvalue weighted by Gasteiger charge is 2.12. The largest absolute Gasteiger partial charge is 0.314 e. The van der Waals surface area contributed by atoms with Crippen LogP contribution in [0, 0.1) is 0 Å². The molecule has 39 heavy (non-hydrogen) atoms. The Bertz CT molecular complexity index is 1590. The summed E-state index contributed by atoms with van der Waals surface area (Å²) in [5, 5.41) is 0. The van der Waals surface area contributed by atoms with Gasteiger partial charge in [-0.15, -0.1) is 0 Å². The van der Waals surface area contributed by atoms with Gasteiger partial charge in [0.2, 0.25) is 5.95 Å². The van der Waals surface area contributed by atoms with Crippen LogP contribution in [0.3, 0.4) is 0 Å². The summed E-state index contributed by atoms with van der Waals surface area (Å²) in [4.78, 5) is 13.6. The molecule has 0 saturated carbocycles. The van der Waals surface area contributed by atoms with Gasteiger partial charge in [-0.25, -0.2) is 9.97 Å².